The standard InChI is InChI=1S/C31H28FN3OS/c1-21-26(25-16-8-10-18-28(25)34(21)20-22-11-5-9-17-27(22)32)19-29-30(36)35(24-14-6-7-15-24)31(37-29)33-23-12-3-2-4-13-23/h2-5,8-13,16-19,24H,6-7,14-15,20H2,1H3/b29-19+,33-31?. The summed E-state index contributed by atoms with van der Waals surface area (Å²) in [6.07, 6.45) is 6.31. The molecule has 186 valence electrons. The molecule has 0 bridgehead atoms. The van der Waals surface area contributed by atoms with Crippen LogP contribution < -0.4 is 0 Å². The molecule has 4 aromatic rings. The summed E-state index contributed by atoms with van der Waals surface area (Å²) >= 11 is 1.45. The molecule has 2 fully saturated rings. The predicted molar refractivity (Wildman–Crippen MR) is 150 cm³/mol. The van der Waals surface area contributed by atoms with Crippen molar-refractivity contribution in [3.8, 4) is 0 Å². The van der Waals surface area contributed by atoms with Gasteiger partial charge in [0.2, 0.25) is 0 Å². The summed E-state index contributed by atoms with van der Waals surface area (Å²) in [6, 6.07) is 25.1. The van der Waals surface area contributed by atoms with Gasteiger partial charge in [0.1, 0.15) is 5.82 Å². The molecule has 4 nitrogen and oxygen atoms in total. The number of thioether (sulfide) groups is 1. The minimum Gasteiger partial charge on any atom is -0.340 e. The van der Waals surface area contributed by atoms with E-state index in [0.717, 1.165) is 58.7 Å². The van der Waals surface area contributed by atoms with Crippen LogP contribution in [0.25, 0.3) is 17.0 Å². The van der Waals surface area contributed by atoms with Crippen molar-refractivity contribution < 1.29 is 9.18 Å². The second-order valence-corrected chi connectivity index (χ2v) is 10.7. The largest absolute Gasteiger partial charge is 0.340 e. The van der Waals surface area contributed by atoms with Crippen molar-refractivity contribution in [3.63, 3.8) is 0 Å². The molecule has 6 heteroatoms. The SMILES string of the molecule is Cc1c(/C=C2/SC(=Nc3ccccc3)N(C3CCCC3)C2=O)c2ccccc2n1Cc1ccccc1F. The number of fused-ring (bicyclic) bond motifs is 1. The molecule has 1 amide bonds. The lowest BCUT2D eigenvalue weighted by atomic mass is 10.1. The molecule has 37 heavy (non-hydrogen) atoms. The lowest BCUT2D eigenvalue weighted by molar-refractivity contribution is -0.123. The zero-order valence-corrected chi connectivity index (χ0v) is 21.5. The highest BCUT2D eigenvalue weighted by Gasteiger charge is 2.39. The van der Waals surface area contributed by atoms with Gasteiger partial charge in [-0.15, -0.1) is 0 Å². The van der Waals surface area contributed by atoms with Crippen LogP contribution in [0.2, 0.25) is 0 Å². The zero-order valence-electron chi connectivity index (χ0n) is 20.7. The zero-order chi connectivity index (χ0) is 25.4. The number of amides is 1. The lowest BCUT2D eigenvalue weighted by Crippen LogP contribution is -2.37. The second kappa shape index (κ2) is 10.0. The Kier molecular flexibility index (Phi) is 6.43. The predicted octanol–water partition coefficient (Wildman–Crippen LogP) is 7.68. The Bertz CT molecular complexity index is 1530. The van der Waals surface area contributed by atoms with E-state index < -0.39 is 0 Å². The Morgan fingerprint density at radius 3 is 2.46 bits per heavy atom. The van der Waals surface area contributed by atoms with Gasteiger partial charge in [0.25, 0.3) is 5.91 Å². The number of amidine groups is 1. The number of hydrogen-bond donors (Lipinski definition) is 0. The fourth-order valence-corrected chi connectivity index (χ4v) is 6.47. The summed E-state index contributed by atoms with van der Waals surface area (Å²) < 4.78 is 16.7. The lowest BCUT2D eigenvalue weighted by Gasteiger charge is -2.22. The number of nitrogens with zero attached hydrogens (tertiary/aromatic N) is 3. The number of halogens is 1. The molecular weight excluding hydrogens is 481 g/mol. The van der Waals surface area contributed by atoms with Crippen molar-refractivity contribution in [3.05, 3.63) is 106 Å². The Hall–Kier alpha value is -3.64. The third kappa shape index (κ3) is 4.51. The quantitative estimate of drug-likeness (QED) is 0.259. The van der Waals surface area contributed by atoms with E-state index in [4.69, 9.17) is 4.99 Å². The van der Waals surface area contributed by atoms with Crippen molar-refractivity contribution in [1.29, 1.82) is 0 Å². The Morgan fingerprint density at radius 1 is 0.973 bits per heavy atom. The number of benzene rings is 3. The molecule has 0 N–H and O–H groups in total. The maximum atomic E-state index is 14.5. The number of aromatic nitrogens is 1. The molecular formula is C31H28FN3OS. The molecule has 1 aliphatic heterocycles. The van der Waals surface area contributed by atoms with Crippen LogP contribution in [-0.2, 0) is 11.3 Å². The summed E-state index contributed by atoms with van der Waals surface area (Å²) in [5, 5.41) is 1.81. The van der Waals surface area contributed by atoms with Crippen LogP contribution in [0.15, 0.2) is 88.8 Å². The van der Waals surface area contributed by atoms with Crippen LogP contribution in [0.4, 0.5) is 10.1 Å². The topological polar surface area (TPSA) is 37.6 Å². The molecule has 1 saturated carbocycles. The highest BCUT2D eigenvalue weighted by Crippen LogP contribution is 2.40. The van der Waals surface area contributed by atoms with E-state index >= 15 is 0 Å². The van der Waals surface area contributed by atoms with Gasteiger partial charge in [-0.1, -0.05) is 67.4 Å². The van der Waals surface area contributed by atoms with Crippen molar-refractivity contribution >= 4 is 45.5 Å². The van der Waals surface area contributed by atoms with Crippen molar-refractivity contribution in [2.45, 2.75) is 45.2 Å². The number of aliphatic imine (C=N–C) groups is 1. The van der Waals surface area contributed by atoms with Gasteiger partial charge in [-0.25, -0.2) is 9.38 Å². The molecule has 2 heterocycles. The van der Waals surface area contributed by atoms with Crippen LogP contribution in [0.1, 0.15) is 42.5 Å². The first-order chi connectivity index (χ1) is 18.1. The molecule has 0 spiro atoms. The summed E-state index contributed by atoms with van der Waals surface area (Å²) in [5.74, 6) is -0.188. The molecule has 1 aromatic heterocycles. The van der Waals surface area contributed by atoms with Gasteiger partial charge in [0.05, 0.1) is 17.1 Å². The van der Waals surface area contributed by atoms with E-state index in [1.54, 1.807) is 6.07 Å². The maximum Gasteiger partial charge on any atom is 0.267 e. The Balaban J connectivity index is 1.43. The molecule has 1 saturated heterocycles. The highest BCUT2D eigenvalue weighted by molar-refractivity contribution is 8.18. The van der Waals surface area contributed by atoms with E-state index in [1.165, 1.54) is 17.8 Å². The van der Waals surface area contributed by atoms with E-state index in [0.29, 0.717) is 17.0 Å². The van der Waals surface area contributed by atoms with Crippen molar-refractivity contribution in [2.24, 2.45) is 4.99 Å². The van der Waals surface area contributed by atoms with Gasteiger partial charge in [-0.2, -0.15) is 0 Å². The molecule has 1 aliphatic carbocycles. The smallest absolute Gasteiger partial charge is 0.267 e. The van der Waals surface area contributed by atoms with E-state index in [2.05, 4.69) is 16.7 Å². The minimum absolute atomic E-state index is 0.0249. The summed E-state index contributed by atoms with van der Waals surface area (Å²) in [5.41, 5.74) is 4.51. The number of carbonyl (C=O) groups is 1. The van der Waals surface area contributed by atoms with Crippen LogP contribution in [-0.4, -0.2) is 26.6 Å². The average molecular weight is 510 g/mol. The maximum absolute atomic E-state index is 14.5. The fraction of sp³-hybridized carbons (Fsp3) is 0.226. The average Bonchev–Trinajstić information content (AvgIpc) is 3.61. The van der Waals surface area contributed by atoms with Crippen molar-refractivity contribution in [1.82, 2.24) is 9.47 Å². The highest BCUT2D eigenvalue weighted by atomic mass is 32.2. The first kappa shape index (κ1) is 23.7. The summed E-state index contributed by atoms with van der Waals surface area (Å²) in [6.45, 7) is 2.48. The van der Waals surface area contributed by atoms with Crippen LogP contribution in [0, 0.1) is 12.7 Å². The molecule has 6 rings (SSSR count). The normalized spacial score (nSPS) is 18.6. The van der Waals surface area contributed by atoms with E-state index in [-0.39, 0.29) is 17.8 Å². The Labute approximate surface area is 220 Å². The molecule has 0 atom stereocenters. The van der Waals surface area contributed by atoms with Gasteiger partial charge in [0, 0.05) is 33.8 Å². The third-order valence-electron chi connectivity index (χ3n) is 7.35. The Morgan fingerprint density at radius 2 is 1.68 bits per heavy atom. The number of hydrogen-bond acceptors (Lipinski definition) is 3. The van der Waals surface area contributed by atoms with Gasteiger partial charge in [-0.05, 0) is 61.9 Å². The first-order valence-corrected chi connectivity index (χ1v) is 13.6. The third-order valence-corrected chi connectivity index (χ3v) is 8.33. The van der Waals surface area contributed by atoms with Crippen molar-refractivity contribution in [2.75, 3.05) is 0 Å². The molecule has 2 aliphatic rings. The second-order valence-electron chi connectivity index (χ2n) is 9.65. The van der Waals surface area contributed by atoms with Crippen LogP contribution in [0.5, 0.6) is 0 Å². The summed E-state index contributed by atoms with van der Waals surface area (Å²) in [7, 11) is 0. The number of para-hydroxylation sites is 2. The van der Waals surface area contributed by atoms with Gasteiger partial charge in [0.15, 0.2) is 5.17 Å². The van der Waals surface area contributed by atoms with E-state index in [1.807, 2.05) is 72.5 Å². The monoisotopic (exact) mass is 509 g/mol. The summed E-state index contributed by atoms with van der Waals surface area (Å²) in [4.78, 5) is 21.3. The molecule has 0 unspecified atom stereocenters. The van der Waals surface area contributed by atoms with E-state index in [9.17, 15) is 9.18 Å². The van der Waals surface area contributed by atoms with Gasteiger partial charge in [-0.3, -0.25) is 9.69 Å². The first-order valence-electron chi connectivity index (χ1n) is 12.8. The molecule has 0 radical (unpaired) electrons. The van der Waals surface area contributed by atoms with Crippen LogP contribution in [0.3, 0.4) is 0 Å². The van der Waals surface area contributed by atoms with Crippen LogP contribution >= 0.6 is 11.8 Å². The molecule has 3 aromatic carbocycles. The van der Waals surface area contributed by atoms with Gasteiger partial charge < -0.3 is 4.57 Å². The number of rotatable bonds is 5. The van der Waals surface area contributed by atoms with Gasteiger partial charge >= 0.3 is 0 Å². The fourth-order valence-electron chi connectivity index (χ4n) is 5.43. The number of carbonyl (C=O) groups excluding carboxylic acids is 1. The minimum atomic E-state index is -0.213.